The summed E-state index contributed by atoms with van der Waals surface area (Å²) in [4.78, 5) is 14.3. The Morgan fingerprint density at radius 2 is 2.29 bits per heavy atom. The van der Waals surface area contributed by atoms with Crippen LogP contribution in [-0.4, -0.2) is 29.2 Å². The van der Waals surface area contributed by atoms with Crippen LogP contribution in [0.15, 0.2) is 22.7 Å². The molecule has 1 unspecified atom stereocenters. The third-order valence-electron chi connectivity index (χ3n) is 2.95. The Morgan fingerprint density at radius 3 is 2.94 bits per heavy atom. The summed E-state index contributed by atoms with van der Waals surface area (Å²) >= 11 is 9.12. The molecule has 1 fully saturated rings. The number of carbonyl (C=O) groups excluding carboxylic acids is 1. The van der Waals surface area contributed by atoms with E-state index in [4.69, 9.17) is 0 Å². The van der Waals surface area contributed by atoms with Crippen molar-refractivity contribution >= 4 is 60.4 Å². The molecule has 1 aromatic rings. The van der Waals surface area contributed by atoms with Crippen LogP contribution >= 0.6 is 54.5 Å². The Kier molecular flexibility index (Phi) is 4.88. The number of carbonyl (C=O) groups is 1. The van der Waals surface area contributed by atoms with Crippen molar-refractivity contribution in [2.24, 2.45) is 5.92 Å². The van der Waals surface area contributed by atoms with Gasteiger partial charge in [0.25, 0.3) is 5.91 Å². The standard InChI is InChI=1S/C12H12Br2INO/c13-6-8-3-4-16(7-8)12(17)10-5-9(14)1-2-11(10)15/h1-2,5,8H,3-4,6-7H2. The van der Waals surface area contributed by atoms with Crippen molar-refractivity contribution in [3.05, 3.63) is 31.8 Å². The first-order valence-corrected chi connectivity index (χ1v) is 8.41. The van der Waals surface area contributed by atoms with Crippen molar-refractivity contribution in [2.45, 2.75) is 6.42 Å². The van der Waals surface area contributed by atoms with E-state index < -0.39 is 0 Å². The average Bonchev–Trinajstić information content (AvgIpc) is 2.80. The van der Waals surface area contributed by atoms with Gasteiger partial charge in [0.1, 0.15) is 0 Å². The van der Waals surface area contributed by atoms with E-state index in [0.29, 0.717) is 5.92 Å². The molecule has 1 amide bonds. The van der Waals surface area contributed by atoms with Crippen molar-refractivity contribution in [1.29, 1.82) is 0 Å². The molecule has 0 aliphatic carbocycles. The molecule has 0 N–H and O–H groups in total. The lowest BCUT2D eigenvalue weighted by Crippen LogP contribution is -2.29. The number of likely N-dealkylation sites (tertiary alicyclic amines) is 1. The van der Waals surface area contributed by atoms with E-state index >= 15 is 0 Å². The lowest BCUT2D eigenvalue weighted by Gasteiger charge is -2.17. The first-order valence-electron chi connectivity index (χ1n) is 5.42. The minimum absolute atomic E-state index is 0.152. The van der Waals surface area contributed by atoms with Crippen molar-refractivity contribution in [3.63, 3.8) is 0 Å². The van der Waals surface area contributed by atoms with Gasteiger partial charge in [0.2, 0.25) is 0 Å². The number of amides is 1. The molecule has 1 atom stereocenters. The number of hydrogen-bond donors (Lipinski definition) is 0. The molecule has 1 saturated heterocycles. The highest BCUT2D eigenvalue weighted by molar-refractivity contribution is 14.1. The van der Waals surface area contributed by atoms with E-state index in [2.05, 4.69) is 54.5 Å². The molecule has 0 spiro atoms. The Balaban J connectivity index is 2.17. The number of halogens is 3. The smallest absolute Gasteiger partial charge is 0.254 e. The van der Waals surface area contributed by atoms with Crippen LogP contribution in [0.1, 0.15) is 16.8 Å². The summed E-state index contributed by atoms with van der Waals surface area (Å²) in [5, 5.41) is 0.979. The van der Waals surface area contributed by atoms with Crippen molar-refractivity contribution in [2.75, 3.05) is 18.4 Å². The van der Waals surface area contributed by atoms with Crippen LogP contribution in [-0.2, 0) is 0 Å². The van der Waals surface area contributed by atoms with Crippen molar-refractivity contribution in [3.8, 4) is 0 Å². The van der Waals surface area contributed by atoms with Crippen LogP contribution in [0, 0.1) is 9.49 Å². The fourth-order valence-corrected chi connectivity index (χ4v) is 3.43. The summed E-state index contributed by atoms with van der Waals surface area (Å²) in [5.41, 5.74) is 0.801. The molecule has 0 radical (unpaired) electrons. The van der Waals surface area contributed by atoms with E-state index in [1.807, 2.05) is 23.1 Å². The first-order chi connectivity index (χ1) is 8.11. The van der Waals surface area contributed by atoms with Crippen molar-refractivity contribution < 1.29 is 4.79 Å². The quantitative estimate of drug-likeness (QED) is 0.472. The summed E-state index contributed by atoms with van der Waals surface area (Å²) in [6, 6.07) is 5.84. The molecule has 0 bridgehead atoms. The number of benzene rings is 1. The van der Waals surface area contributed by atoms with Gasteiger partial charge in [-0.15, -0.1) is 0 Å². The van der Waals surface area contributed by atoms with Crippen LogP contribution in [0.2, 0.25) is 0 Å². The normalized spacial score (nSPS) is 19.7. The molecule has 0 aromatic heterocycles. The lowest BCUT2D eigenvalue weighted by atomic mass is 10.2. The van der Waals surface area contributed by atoms with Gasteiger partial charge < -0.3 is 4.90 Å². The van der Waals surface area contributed by atoms with Gasteiger partial charge >= 0.3 is 0 Å². The maximum absolute atomic E-state index is 12.4. The number of alkyl halides is 1. The van der Waals surface area contributed by atoms with Crippen LogP contribution in [0.5, 0.6) is 0 Å². The summed E-state index contributed by atoms with van der Waals surface area (Å²) < 4.78 is 1.97. The maximum Gasteiger partial charge on any atom is 0.254 e. The fourth-order valence-electron chi connectivity index (χ4n) is 1.97. The maximum atomic E-state index is 12.4. The van der Waals surface area contributed by atoms with Crippen LogP contribution in [0.3, 0.4) is 0 Å². The molecule has 2 nitrogen and oxygen atoms in total. The van der Waals surface area contributed by atoms with E-state index in [1.165, 1.54) is 0 Å². The molecule has 1 aliphatic rings. The average molecular weight is 473 g/mol. The second-order valence-corrected chi connectivity index (χ2v) is 6.91. The second-order valence-electron chi connectivity index (χ2n) is 4.18. The molecule has 2 rings (SSSR count). The molecular formula is C12H12Br2INO. The molecular weight excluding hydrogens is 461 g/mol. The molecule has 17 heavy (non-hydrogen) atoms. The molecule has 92 valence electrons. The van der Waals surface area contributed by atoms with Crippen molar-refractivity contribution in [1.82, 2.24) is 4.90 Å². The van der Waals surface area contributed by atoms with Gasteiger partial charge in [0.05, 0.1) is 5.56 Å². The highest BCUT2D eigenvalue weighted by atomic mass is 127. The summed E-state index contributed by atoms with van der Waals surface area (Å²) in [5.74, 6) is 0.753. The van der Waals surface area contributed by atoms with Crippen LogP contribution in [0.4, 0.5) is 0 Å². The number of nitrogens with zero attached hydrogens (tertiary/aromatic N) is 1. The van der Waals surface area contributed by atoms with Gasteiger partial charge in [0.15, 0.2) is 0 Å². The third-order valence-corrected chi connectivity index (χ3v) is 5.30. The van der Waals surface area contributed by atoms with Gasteiger partial charge in [-0.1, -0.05) is 31.9 Å². The van der Waals surface area contributed by atoms with Gasteiger partial charge in [-0.25, -0.2) is 0 Å². The van der Waals surface area contributed by atoms with Gasteiger partial charge in [0, 0.05) is 26.5 Å². The SMILES string of the molecule is O=C(c1cc(Br)ccc1I)N1CCC(CBr)C1. The Labute approximate surface area is 132 Å². The Bertz CT molecular complexity index is 439. The van der Waals surface area contributed by atoms with E-state index in [1.54, 1.807) is 0 Å². The zero-order valence-electron chi connectivity index (χ0n) is 9.13. The molecule has 5 heteroatoms. The topological polar surface area (TPSA) is 20.3 Å². The zero-order valence-corrected chi connectivity index (χ0v) is 14.5. The summed E-state index contributed by atoms with van der Waals surface area (Å²) in [7, 11) is 0. The fraction of sp³-hybridized carbons (Fsp3) is 0.417. The van der Waals surface area contributed by atoms with Crippen LogP contribution in [0.25, 0.3) is 0 Å². The number of rotatable bonds is 2. The Hall–Kier alpha value is 0.380. The summed E-state index contributed by atoms with van der Waals surface area (Å²) in [6.07, 6.45) is 1.10. The predicted octanol–water partition coefficient (Wildman–Crippen LogP) is 3.91. The van der Waals surface area contributed by atoms with E-state index in [0.717, 1.165) is 38.4 Å². The van der Waals surface area contributed by atoms with E-state index in [-0.39, 0.29) is 5.91 Å². The largest absolute Gasteiger partial charge is 0.338 e. The van der Waals surface area contributed by atoms with Gasteiger partial charge in [-0.3, -0.25) is 4.79 Å². The zero-order chi connectivity index (χ0) is 12.4. The van der Waals surface area contributed by atoms with Crippen LogP contribution < -0.4 is 0 Å². The minimum atomic E-state index is 0.152. The monoisotopic (exact) mass is 471 g/mol. The summed E-state index contributed by atoms with van der Waals surface area (Å²) in [6.45, 7) is 1.74. The predicted molar refractivity (Wildman–Crippen MR) is 84.7 cm³/mol. The first kappa shape index (κ1) is 13.8. The highest BCUT2D eigenvalue weighted by Crippen LogP contribution is 2.24. The Morgan fingerprint density at radius 1 is 1.53 bits per heavy atom. The molecule has 1 heterocycles. The van der Waals surface area contributed by atoms with E-state index in [9.17, 15) is 4.79 Å². The third kappa shape index (κ3) is 3.23. The number of hydrogen-bond acceptors (Lipinski definition) is 1. The second kappa shape index (κ2) is 6.02. The molecule has 1 aromatic carbocycles. The minimum Gasteiger partial charge on any atom is -0.338 e. The lowest BCUT2D eigenvalue weighted by molar-refractivity contribution is 0.0787. The molecule has 0 saturated carbocycles. The van der Waals surface area contributed by atoms with Gasteiger partial charge in [-0.05, 0) is 53.1 Å². The highest BCUT2D eigenvalue weighted by Gasteiger charge is 2.27. The molecule has 1 aliphatic heterocycles. The van der Waals surface area contributed by atoms with Gasteiger partial charge in [-0.2, -0.15) is 0 Å².